The van der Waals surface area contributed by atoms with Crippen LogP contribution < -0.4 is 5.32 Å². The summed E-state index contributed by atoms with van der Waals surface area (Å²) in [6.07, 6.45) is 3.50. The van der Waals surface area contributed by atoms with Gasteiger partial charge in [-0.3, -0.25) is 4.79 Å². The first-order valence-electron chi connectivity index (χ1n) is 3.73. The van der Waals surface area contributed by atoms with Crippen LogP contribution in [-0.4, -0.2) is 23.2 Å². The third-order valence-electron chi connectivity index (χ3n) is 2.05. The van der Waals surface area contributed by atoms with Crippen LogP contribution in [-0.2, 0) is 4.74 Å². The number of amides is 1. The largest absolute Gasteiger partial charge is 0.379 e. The third kappa shape index (κ3) is 2.59. The predicted molar refractivity (Wildman–Crippen MR) is 51.0 cm³/mol. The van der Waals surface area contributed by atoms with E-state index >= 15 is 0 Å². The fraction of sp³-hybridized carbons (Fsp3) is 0.857. The third-order valence-corrected chi connectivity index (χ3v) is 2.37. The van der Waals surface area contributed by atoms with Crippen LogP contribution in [0.15, 0.2) is 0 Å². The number of rotatable bonds is 2. The second-order valence-corrected chi connectivity index (χ2v) is 3.71. The molecule has 1 amide bonds. The van der Waals surface area contributed by atoms with Gasteiger partial charge in [-0.25, -0.2) is 0 Å². The van der Waals surface area contributed by atoms with E-state index in [1.54, 1.807) is 29.7 Å². The maximum Gasteiger partial charge on any atom is 0.280 e. The van der Waals surface area contributed by atoms with Crippen molar-refractivity contribution in [2.24, 2.45) is 0 Å². The summed E-state index contributed by atoms with van der Waals surface area (Å²) in [6, 6.07) is 0.240. The summed E-state index contributed by atoms with van der Waals surface area (Å²) in [5, 5.41) is 2.87. The quantitative estimate of drug-likeness (QED) is 0.470. The number of carbonyl (C=O) groups excluding carboxylic acids is 1. The molecule has 1 aliphatic rings. The molecule has 1 fully saturated rings. The number of ether oxygens (including phenoxy) is 1. The second kappa shape index (κ2) is 4.25. The lowest BCUT2D eigenvalue weighted by Crippen LogP contribution is -2.37. The monoisotopic (exact) mass is 269 g/mol. The Morgan fingerprint density at radius 1 is 1.64 bits per heavy atom. The minimum Gasteiger partial charge on any atom is -0.379 e. The number of hydrogen-bond acceptors (Lipinski definition) is 2. The molecule has 0 aliphatic heterocycles. The lowest BCUT2D eigenvalue weighted by molar-refractivity contribution is 0.0890. The molecule has 0 aromatic heterocycles. The van der Waals surface area contributed by atoms with Gasteiger partial charge in [-0.05, 0) is 19.3 Å². The topological polar surface area (TPSA) is 38.3 Å². The molecule has 0 aromatic rings. The van der Waals surface area contributed by atoms with Crippen molar-refractivity contribution in [2.75, 3.05) is 7.11 Å². The van der Waals surface area contributed by atoms with Crippen LogP contribution in [0.4, 0.5) is 4.79 Å². The second-order valence-electron chi connectivity index (χ2n) is 2.73. The Labute approximate surface area is 80.0 Å². The molecular formula is C7H12INO2. The summed E-state index contributed by atoms with van der Waals surface area (Å²) < 4.78 is 5.22. The van der Waals surface area contributed by atoms with Gasteiger partial charge >= 0.3 is 0 Å². The van der Waals surface area contributed by atoms with E-state index in [0.29, 0.717) is 0 Å². The SMILES string of the molecule is CO[C@@H]1CCC[C@H]1NC(=O)I. The number of methoxy groups -OCH3 is 1. The fourth-order valence-corrected chi connectivity index (χ4v) is 1.92. The van der Waals surface area contributed by atoms with E-state index in [4.69, 9.17) is 4.74 Å². The first-order valence-corrected chi connectivity index (χ1v) is 4.80. The molecule has 0 spiro atoms. The Kier molecular flexibility index (Phi) is 3.58. The van der Waals surface area contributed by atoms with Gasteiger partial charge in [-0.15, -0.1) is 0 Å². The van der Waals surface area contributed by atoms with Crippen LogP contribution in [0.3, 0.4) is 0 Å². The van der Waals surface area contributed by atoms with Crippen molar-refractivity contribution in [3.63, 3.8) is 0 Å². The van der Waals surface area contributed by atoms with E-state index in [9.17, 15) is 4.79 Å². The van der Waals surface area contributed by atoms with Crippen LogP contribution in [0.1, 0.15) is 19.3 Å². The maximum absolute atomic E-state index is 10.7. The van der Waals surface area contributed by atoms with Gasteiger partial charge in [0.15, 0.2) is 0 Å². The Morgan fingerprint density at radius 3 is 2.91 bits per heavy atom. The van der Waals surface area contributed by atoms with Crippen molar-refractivity contribution in [3.8, 4) is 0 Å². The predicted octanol–water partition coefficient (Wildman–Crippen LogP) is 1.70. The van der Waals surface area contributed by atoms with E-state index in [1.165, 1.54) is 0 Å². The summed E-state index contributed by atoms with van der Waals surface area (Å²) >= 11 is 1.75. The number of hydrogen-bond donors (Lipinski definition) is 1. The number of nitrogens with one attached hydrogen (secondary N) is 1. The van der Waals surface area contributed by atoms with Gasteiger partial charge in [0.25, 0.3) is 3.91 Å². The van der Waals surface area contributed by atoms with Crippen LogP contribution in [0.5, 0.6) is 0 Å². The lowest BCUT2D eigenvalue weighted by Gasteiger charge is -2.17. The zero-order valence-electron chi connectivity index (χ0n) is 6.47. The smallest absolute Gasteiger partial charge is 0.280 e. The van der Waals surface area contributed by atoms with E-state index in [-0.39, 0.29) is 16.1 Å². The number of carbonyl (C=O) groups is 1. The molecule has 0 radical (unpaired) electrons. The molecule has 0 saturated heterocycles. The summed E-state index contributed by atoms with van der Waals surface area (Å²) in [7, 11) is 1.70. The van der Waals surface area contributed by atoms with Crippen LogP contribution in [0, 0.1) is 0 Å². The maximum atomic E-state index is 10.7. The highest BCUT2D eigenvalue weighted by molar-refractivity contribution is 14.1. The Hall–Kier alpha value is 0.160. The minimum absolute atomic E-state index is 0.0107. The van der Waals surface area contributed by atoms with Crippen molar-refractivity contribution >= 4 is 26.5 Å². The van der Waals surface area contributed by atoms with Crippen molar-refractivity contribution in [2.45, 2.75) is 31.4 Å². The molecule has 1 N–H and O–H groups in total. The highest BCUT2D eigenvalue weighted by Gasteiger charge is 2.27. The standard InChI is InChI=1S/C7H12INO2/c1-11-6-4-2-3-5(6)9-7(8)10/h5-6H,2-4H2,1H3,(H,9,10)/t5-,6-/m1/s1. The molecule has 0 bridgehead atoms. The first-order chi connectivity index (χ1) is 5.24. The first kappa shape index (κ1) is 9.25. The fourth-order valence-electron chi connectivity index (χ4n) is 1.52. The van der Waals surface area contributed by atoms with E-state index < -0.39 is 0 Å². The van der Waals surface area contributed by atoms with E-state index in [1.807, 2.05) is 0 Å². The van der Waals surface area contributed by atoms with E-state index in [0.717, 1.165) is 19.3 Å². The van der Waals surface area contributed by atoms with Gasteiger partial charge in [0.1, 0.15) is 0 Å². The Balaban J connectivity index is 2.37. The molecule has 0 aromatic carbocycles. The summed E-state index contributed by atoms with van der Waals surface area (Å²) in [5.41, 5.74) is 0. The molecule has 11 heavy (non-hydrogen) atoms. The molecule has 64 valence electrons. The van der Waals surface area contributed by atoms with Crippen molar-refractivity contribution in [3.05, 3.63) is 0 Å². The Morgan fingerprint density at radius 2 is 2.36 bits per heavy atom. The molecule has 3 nitrogen and oxygen atoms in total. The zero-order valence-corrected chi connectivity index (χ0v) is 8.63. The molecule has 4 heteroatoms. The lowest BCUT2D eigenvalue weighted by atomic mass is 10.2. The molecule has 1 aliphatic carbocycles. The minimum atomic E-state index is 0.0107. The Bertz CT molecular complexity index is 151. The average Bonchev–Trinajstić information content (AvgIpc) is 2.34. The molecule has 0 heterocycles. The summed E-state index contributed by atoms with van der Waals surface area (Å²) in [6.45, 7) is 0. The molecular weight excluding hydrogens is 257 g/mol. The van der Waals surface area contributed by atoms with Crippen molar-refractivity contribution in [1.82, 2.24) is 5.32 Å². The van der Waals surface area contributed by atoms with E-state index in [2.05, 4.69) is 5.32 Å². The molecule has 0 unspecified atom stereocenters. The van der Waals surface area contributed by atoms with Gasteiger partial charge < -0.3 is 10.1 Å². The van der Waals surface area contributed by atoms with Crippen LogP contribution >= 0.6 is 22.6 Å². The van der Waals surface area contributed by atoms with Gasteiger partial charge in [-0.2, -0.15) is 0 Å². The highest BCUT2D eigenvalue weighted by Crippen LogP contribution is 2.21. The van der Waals surface area contributed by atoms with Crippen molar-refractivity contribution in [1.29, 1.82) is 0 Å². The molecule has 2 atom stereocenters. The van der Waals surface area contributed by atoms with Crippen LogP contribution in [0.25, 0.3) is 0 Å². The highest BCUT2D eigenvalue weighted by atomic mass is 127. The van der Waals surface area contributed by atoms with Crippen LogP contribution in [0.2, 0.25) is 0 Å². The molecule has 1 rings (SSSR count). The molecule has 1 saturated carbocycles. The zero-order chi connectivity index (χ0) is 8.27. The van der Waals surface area contributed by atoms with Gasteiger partial charge in [0, 0.05) is 29.7 Å². The van der Waals surface area contributed by atoms with Gasteiger partial charge in [0.05, 0.1) is 12.1 Å². The number of halogens is 1. The normalized spacial score (nSPS) is 30.4. The average molecular weight is 269 g/mol. The van der Waals surface area contributed by atoms with Gasteiger partial charge in [-0.1, -0.05) is 0 Å². The summed E-state index contributed by atoms with van der Waals surface area (Å²) in [5.74, 6) is 0. The summed E-state index contributed by atoms with van der Waals surface area (Å²) in [4.78, 5) is 10.7. The van der Waals surface area contributed by atoms with Crippen molar-refractivity contribution < 1.29 is 9.53 Å². The van der Waals surface area contributed by atoms with Gasteiger partial charge in [0.2, 0.25) is 0 Å².